The van der Waals surface area contributed by atoms with Crippen molar-refractivity contribution in [3.05, 3.63) is 53.9 Å². The molecular formula is C17H17F2N3OS. The fraction of sp³-hybridized carbons (Fsp3) is 0.353. The van der Waals surface area contributed by atoms with Gasteiger partial charge in [-0.2, -0.15) is 0 Å². The van der Waals surface area contributed by atoms with Gasteiger partial charge < -0.3 is 4.57 Å². The van der Waals surface area contributed by atoms with Gasteiger partial charge in [0, 0.05) is 12.5 Å². The van der Waals surface area contributed by atoms with Gasteiger partial charge in [0.05, 0.1) is 10.8 Å². The summed E-state index contributed by atoms with van der Waals surface area (Å²) < 4.78 is 29.0. The van der Waals surface area contributed by atoms with E-state index in [2.05, 4.69) is 16.8 Å². The van der Waals surface area contributed by atoms with Gasteiger partial charge in [-0.25, -0.2) is 8.78 Å². The summed E-state index contributed by atoms with van der Waals surface area (Å²) in [5.41, 5.74) is -0.243. The predicted molar refractivity (Wildman–Crippen MR) is 88.2 cm³/mol. The molecule has 0 N–H and O–H groups in total. The van der Waals surface area contributed by atoms with Crippen LogP contribution in [0.2, 0.25) is 0 Å². The maximum Gasteiger partial charge on any atom is 0.192 e. The third kappa shape index (κ3) is 3.40. The number of nitrogens with zero attached hydrogens (tertiary/aromatic N) is 3. The van der Waals surface area contributed by atoms with Gasteiger partial charge in [0.15, 0.2) is 10.9 Å². The molecule has 1 fully saturated rings. The topological polar surface area (TPSA) is 47.8 Å². The van der Waals surface area contributed by atoms with Crippen LogP contribution >= 0.6 is 11.8 Å². The van der Waals surface area contributed by atoms with E-state index in [9.17, 15) is 13.6 Å². The monoisotopic (exact) mass is 349 g/mol. The molecule has 0 aliphatic heterocycles. The Morgan fingerprint density at radius 1 is 1.46 bits per heavy atom. The minimum Gasteiger partial charge on any atom is -0.302 e. The Labute approximate surface area is 143 Å². The highest BCUT2D eigenvalue weighted by Gasteiger charge is 2.31. The molecule has 4 nitrogen and oxygen atoms in total. The van der Waals surface area contributed by atoms with Gasteiger partial charge in [0.1, 0.15) is 17.5 Å². The largest absolute Gasteiger partial charge is 0.302 e. The molecule has 2 aromatic rings. The molecule has 1 aliphatic carbocycles. The fourth-order valence-electron chi connectivity index (χ4n) is 2.45. The summed E-state index contributed by atoms with van der Waals surface area (Å²) in [4.78, 5) is 12.4. The Hall–Kier alpha value is -2.02. The van der Waals surface area contributed by atoms with Crippen molar-refractivity contribution in [1.29, 1.82) is 0 Å². The molecule has 1 unspecified atom stereocenters. The van der Waals surface area contributed by atoms with Crippen molar-refractivity contribution in [2.45, 2.75) is 42.6 Å². The molecule has 7 heteroatoms. The molecule has 1 aliphatic rings. The maximum absolute atomic E-state index is 13.8. The lowest BCUT2D eigenvalue weighted by Crippen LogP contribution is -2.16. The maximum atomic E-state index is 13.8. The van der Waals surface area contributed by atoms with Gasteiger partial charge in [-0.05, 0) is 38.0 Å². The van der Waals surface area contributed by atoms with E-state index in [1.165, 1.54) is 11.8 Å². The van der Waals surface area contributed by atoms with Crippen LogP contribution < -0.4 is 0 Å². The van der Waals surface area contributed by atoms with Crippen molar-refractivity contribution >= 4 is 17.5 Å². The van der Waals surface area contributed by atoms with E-state index in [-0.39, 0.29) is 5.56 Å². The standard InChI is InChI=1S/C17H17F2N3OS/c1-3-8-22-16(11-4-5-11)20-21-17(22)24-10(2)15(23)13-9-12(18)6-7-14(13)19/h3,6-7,9-11H,1,4-5,8H2,2H3. The molecule has 1 aromatic carbocycles. The molecule has 3 rings (SSSR count). The molecule has 126 valence electrons. The Balaban J connectivity index is 1.81. The summed E-state index contributed by atoms with van der Waals surface area (Å²) in [6.45, 7) is 5.94. The van der Waals surface area contributed by atoms with Crippen LogP contribution in [-0.2, 0) is 6.54 Å². The molecular weight excluding hydrogens is 332 g/mol. The minimum absolute atomic E-state index is 0.243. The SMILES string of the molecule is C=CCn1c(SC(C)C(=O)c2cc(F)ccc2F)nnc1C1CC1. The van der Waals surface area contributed by atoms with Crippen molar-refractivity contribution in [2.24, 2.45) is 0 Å². The molecule has 1 atom stereocenters. The van der Waals surface area contributed by atoms with Crippen LogP contribution in [0.3, 0.4) is 0 Å². The summed E-state index contributed by atoms with van der Waals surface area (Å²) in [5.74, 6) is -0.520. The summed E-state index contributed by atoms with van der Waals surface area (Å²) in [5, 5.41) is 8.35. The smallest absolute Gasteiger partial charge is 0.192 e. The Kier molecular flexibility index (Phi) is 4.80. The number of Topliss-reactive ketones (excluding diaryl/α,β-unsaturated/α-hetero) is 1. The second-order valence-corrected chi connectivity index (χ2v) is 7.07. The van der Waals surface area contributed by atoms with Crippen LogP contribution in [0.15, 0.2) is 36.0 Å². The zero-order chi connectivity index (χ0) is 17.3. The number of hydrogen-bond donors (Lipinski definition) is 0. The van der Waals surface area contributed by atoms with Crippen molar-refractivity contribution in [1.82, 2.24) is 14.8 Å². The molecule has 1 saturated carbocycles. The number of rotatable bonds is 7. The van der Waals surface area contributed by atoms with Crippen molar-refractivity contribution in [3.63, 3.8) is 0 Å². The van der Waals surface area contributed by atoms with Gasteiger partial charge >= 0.3 is 0 Å². The van der Waals surface area contributed by atoms with E-state index < -0.39 is 22.7 Å². The van der Waals surface area contributed by atoms with E-state index >= 15 is 0 Å². The summed E-state index contributed by atoms with van der Waals surface area (Å²) >= 11 is 1.20. The van der Waals surface area contributed by atoms with Gasteiger partial charge in [-0.1, -0.05) is 17.8 Å². The predicted octanol–water partition coefficient (Wildman–Crippen LogP) is 3.98. The first kappa shape index (κ1) is 16.8. The lowest BCUT2D eigenvalue weighted by Gasteiger charge is -2.12. The molecule has 0 amide bonds. The van der Waals surface area contributed by atoms with Crippen LogP contribution in [0.4, 0.5) is 8.78 Å². The summed E-state index contributed by atoms with van der Waals surface area (Å²) in [7, 11) is 0. The number of carbonyl (C=O) groups excluding carboxylic acids is 1. The second kappa shape index (κ2) is 6.84. The Morgan fingerprint density at radius 2 is 2.21 bits per heavy atom. The third-order valence-corrected chi connectivity index (χ3v) is 4.93. The molecule has 0 bridgehead atoms. The number of ketones is 1. The molecule has 0 saturated heterocycles. The lowest BCUT2D eigenvalue weighted by atomic mass is 10.1. The minimum atomic E-state index is -0.722. The van der Waals surface area contributed by atoms with E-state index in [1.807, 2.05) is 4.57 Å². The fourth-order valence-corrected chi connectivity index (χ4v) is 3.38. The number of allylic oxidation sites excluding steroid dienone is 1. The number of carbonyl (C=O) groups is 1. The lowest BCUT2D eigenvalue weighted by molar-refractivity contribution is 0.0989. The molecule has 1 heterocycles. The first-order chi connectivity index (χ1) is 11.5. The first-order valence-electron chi connectivity index (χ1n) is 7.71. The number of aromatic nitrogens is 3. The zero-order valence-corrected chi connectivity index (χ0v) is 14.0. The van der Waals surface area contributed by atoms with Gasteiger partial charge in [0.2, 0.25) is 0 Å². The van der Waals surface area contributed by atoms with Crippen LogP contribution in [-0.4, -0.2) is 25.8 Å². The summed E-state index contributed by atoms with van der Waals surface area (Å²) in [6, 6.07) is 2.89. The number of hydrogen-bond acceptors (Lipinski definition) is 4. The Morgan fingerprint density at radius 3 is 2.88 bits per heavy atom. The quantitative estimate of drug-likeness (QED) is 0.431. The third-order valence-electron chi connectivity index (χ3n) is 3.84. The van der Waals surface area contributed by atoms with E-state index in [0.29, 0.717) is 17.6 Å². The Bertz CT molecular complexity index is 786. The average molecular weight is 349 g/mol. The van der Waals surface area contributed by atoms with Gasteiger partial charge in [-0.15, -0.1) is 16.8 Å². The normalized spacial score (nSPS) is 15.3. The van der Waals surface area contributed by atoms with E-state index in [4.69, 9.17) is 0 Å². The molecule has 1 aromatic heterocycles. The summed E-state index contributed by atoms with van der Waals surface area (Å²) in [6.07, 6.45) is 3.92. The van der Waals surface area contributed by atoms with Crippen LogP contribution in [0.1, 0.15) is 41.9 Å². The number of halogens is 2. The van der Waals surface area contributed by atoms with Crippen LogP contribution in [0, 0.1) is 11.6 Å². The van der Waals surface area contributed by atoms with Crippen molar-refractivity contribution in [2.75, 3.05) is 0 Å². The van der Waals surface area contributed by atoms with Crippen molar-refractivity contribution < 1.29 is 13.6 Å². The first-order valence-corrected chi connectivity index (χ1v) is 8.59. The average Bonchev–Trinajstić information content (AvgIpc) is 3.33. The van der Waals surface area contributed by atoms with Crippen LogP contribution in [0.25, 0.3) is 0 Å². The second-order valence-electron chi connectivity index (χ2n) is 5.76. The van der Waals surface area contributed by atoms with Gasteiger partial charge in [-0.3, -0.25) is 4.79 Å². The highest BCUT2D eigenvalue weighted by atomic mass is 32.2. The number of benzene rings is 1. The van der Waals surface area contributed by atoms with Crippen LogP contribution in [0.5, 0.6) is 0 Å². The van der Waals surface area contributed by atoms with E-state index in [1.54, 1.807) is 13.0 Å². The highest BCUT2D eigenvalue weighted by Crippen LogP contribution is 2.40. The molecule has 0 spiro atoms. The number of thioether (sulfide) groups is 1. The van der Waals surface area contributed by atoms with Crippen molar-refractivity contribution in [3.8, 4) is 0 Å². The zero-order valence-electron chi connectivity index (χ0n) is 13.2. The highest BCUT2D eigenvalue weighted by molar-refractivity contribution is 8.00. The molecule has 0 radical (unpaired) electrons. The van der Waals surface area contributed by atoms with Gasteiger partial charge in [0.25, 0.3) is 0 Å². The van der Waals surface area contributed by atoms with E-state index in [0.717, 1.165) is 36.9 Å². The molecule has 24 heavy (non-hydrogen) atoms.